The number of hydrogen-bond acceptors (Lipinski definition) is 3. The summed E-state index contributed by atoms with van der Waals surface area (Å²) in [6.07, 6.45) is 3.35. The minimum Gasteiger partial charge on any atom is -0.377 e. The van der Waals surface area contributed by atoms with E-state index in [0.29, 0.717) is 18.6 Å². The van der Waals surface area contributed by atoms with Gasteiger partial charge in [0.05, 0.1) is 18.6 Å². The van der Waals surface area contributed by atoms with Gasteiger partial charge in [0.1, 0.15) is 0 Å². The first-order valence-electron chi connectivity index (χ1n) is 4.93. The van der Waals surface area contributed by atoms with Gasteiger partial charge < -0.3 is 9.64 Å². The van der Waals surface area contributed by atoms with E-state index in [0.717, 1.165) is 13.2 Å². The van der Waals surface area contributed by atoms with Crippen LogP contribution in [0.25, 0.3) is 0 Å². The van der Waals surface area contributed by atoms with Crippen LogP contribution in [0.5, 0.6) is 0 Å². The van der Waals surface area contributed by atoms with E-state index >= 15 is 0 Å². The quantitative estimate of drug-likeness (QED) is 0.659. The summed E-state index contributed by atoms with van der Waals surface area (Å²) >= 11 is 0. The van der Waals surface area contributed by atoms with Crippen molar-refractivity contribution in [1.29, 1.82) is 5.26 Å². The van der Waals surface area contributed by atoms with Gasteiger partial charge in [-0.05, 0) is 26.8 Å². The zero-order chi connectivity index (χ0) is 9.68. The first kappa shape index (κ1) is 10.5. The maximum absolute atomic E-state index is 8.54. The Hall–Kier alpha value is -0.590. The number of rotatable bonds is 4. The first-order chi connectivity index (χ1) is 6.24. The van der Waals surface area contributed by atoms with E-state index in [2.05, 4.69) is 24.9 Å². The van der Waals surface area contributed by atoms with E-state index in [1.165, 1.54) is 12.8 Å². The lowest BCUT2D eigenvalue weighted by Crippen LogP contribution is -2.35. The molecule has 1 heterocycles. The summed E-state index contributed by atoms with van der Waals surface area (Å²) < 4.78 is 5.53. The molecule has 0 spiro atoms. The molecular weight excluding hydrogens is 164 g/mol. The second-order valence-electron chi connectivity index (χ2n) is 3.79. The van der Waals surface area contributed by atoms with Crippen molar-refractivity contribution >= 4 is 0 Å². The summed E-state index contributed by atoms with van der Waals surface area (Å²) in [5, 5.41) is 8.54. The normalized spacial score (nSPS) is 24.6. The molecule has 0 N–H and O–H groups in total. The number of hydrogen-bond donors (Lipinski definition) is 0. The van der Waals surface area contributed by atoms with E-state index in [9.17, 15) is 0 Å². The maximum atomic E-state index is 8.54. The van der Waals surface area contributed by atoms with Gasteiger partial charge >= 0.3 is 0 Å². The summed E-state index contributed by atoms with van der Waals surface area (Å²) in [5.74, 6) is 0. The van der Waals surface area contributed by atoms with E-state index in [4.69, 9.17) is 10.00 Å². The summed E-state index contributed by atoms with van der Waals surface area (Å²) in [6.45, 7) is 3.95. The van der Waals surface area contributed by atoms with Gasteiger partial charge in [0.25, 0.3) is 0 Å². The average molecular weight is 182 g/mol. The van der Waals surface area contributed by atoms with Gasteiger partial charge in [-0.2, -0.15) is 5.26 Å². The molecule has 3 heteroatoms. The maximum Gasteiger partial charge on any atom is 0.0702 e. The molecule has 0 saturated carbocycles. The Labute approximate surface area is 80.3 Å². The number of ether oxygens (including phenoxy) is 1. The van der Waals surface area contributed by atoms with Crippen molar-refractivity contribution in [1.82, 2.24) is 4.90 Å². The van der Waals surface area contributed by atoms with E-state index in [-0.39, 0.29) is 0 Å². The Bertz CT molecular complexity index is 182. The minimum atomic E-state index is 0.342. The number of likely N-dealkylation sites (N-methyl/N-ethyl adjacent to an activating group) is 1. The molecule has 1 aliphatic rings. The molecule has 3 nitrogen and oxygen atoms in total. The van der Waals surface area contributed by atoms with Crippen molar-refractivity contribution < 1.29 is 4.74 Å². The van der Waals surface area contributed by atoms with Crippen molar-refractivity contribution in [2.24, 2.45) is 0 Å². The summed E-state index contributed by atoms with van der Waals surface area (Å²) in [7, 11) is 2.06. The lowest BCUT2D eigenvalue weighted by Gasteiger charge is -2.25. The fourth-order valence-corrected chi connectivity index (χ4v) is 1.58. The highest BCUT2D eigenvalue weighted by molar-refractivity contribution is 4.80. The van der Waals surface area contributed by atoms with Gasteiger partial charge in [-0.25, -0.2) is 0 Å². The molecule has 0 aromatic carbocycles. The molecule has 0 aromatic heterocycles. The van der Waals surface area contributed by atoms with Gasteiger partial charge in [0.15, 0.2) is 0 Å². The fourth-order valence-electron chi connectivity index (χ4n) is 1.58. The third-order valence-corrected chi connectivity index (χ3v) is 2.65. The number of nitriles is 1. The van der Waals surface area contributed by atoms with Crippen molar-refractivity contribution in [3.8, 4) is 6.07 Å². The predicted molar refractivity (Wildman–Crippen MR) is 51.3 cm³/mol. The molecule has 13 heavy (non-hydrogen) atoms. The Balaban J connectivity index is 2.23. The van der Waals surface area contributed by atoms with Crippen molar-refractivity contribution in [3.05, 3.63) is 0 Å². The van der Waals surface area contributed by atoms with Crippen LogP contribution in [0.4, 0.5) is 0 Å². The zero-order valence-electron chi connectivity index (χ0n) is 8.49. The third-order valence-electron chi connectivity index (χ3n) is 2.65. The van der Waals surface area contributed by atoms with Crippen LogP contribution in [-0.4, -0.2) is 37.2 Å². The van der Waals surface area contributed by atoms with Crippen molar-refractivity contribution in [3.63, 3.8) is 0 Å². The van der Waals surface area contributed by atoms with Crippen LogP contribution in [0, 0.1) is 11.3 Å². The van der Waals surface area contributed by atoms with Crippen LogP contribution in [0.2, 0.25) is 0 Å². The lowest BCUT2D eigenvalue weighted by molar-refractivity contribution is 0.0710. The van der Waals surface area contributed by atoms with E-state index < -0.39 is 0 Å². The van der Waals surface area contributed by atoms with Gasteiger partial charge in [0, 0.05) is 19.2 Å². The van der Waals surface area contributed by atoms with Crippen LogP contribution >= 0.6 is 0 Å². The molecular formula is C10H18N2O. The summed E-state index contributed by atoms with van der Waals surface area (Å²) in [6, 6.07) is 2.53. The monoisotopic (exact) mass is 182 g/mol. The van der Waals surface area contributed by atoms with Crippen molar-refractivity contribution in [2.75, 3.05) is 20.2 Å². The average Bonchev–Trinajstić information content (AvgIpc) is 2.57. The fraction of sp³-hybridized carbons (Fsp3) is 0.900. The molecule has 0 bridgehead atoms. The van der Waals surface area contributed by atoms with Gasteiger partial charge in [-0.15, -0.1) is 0 Å². The molecule has 1 saturated heterocycles. The molecule has 0 amide bonds. The largest absolute Gasteiger partial charge is 0.377 e. The van der Waals surface area contributed by atoms with Crippen LogP contribution in [-0.2, 0) is 4.74 Å². The Morgan fingerprint density at radius 1 is 1.69 bits per heavy atom. The highest BCUT2D eigenvalue weighted by atomic mass is 16.5. The molecule has 74 valence electrons. The second kappa shape index (κ2) is 5.21. The Morgan fingerprint density at radius 2 is 2.46 bits per heavy atom. The van der Waals surface area contributed by atoms with Gasteiger partial charge in [0.2, 0.25) is 0 Å². The zero-order valence-corrected chi connectivity index (χ0v) is 8.49. The van der Waals surface area contributed by atoms with Crippen LogP contribution in [0.15, 0.2) is 0 Å². The van der Waals surface area contributed by atoms with E-state index in [1.54, 1.807) is 0 Å². The van der Waals surface area contributed by atoms with Crippen LogP contribution in [0.3, 0.4) is 0 Å². The molecule has 1 rings (SSSR count). The summed E-state index contributed by atoms with van der Waals surface area (Å²) in [5.41, 5.74) is 0. The highest BCUT2D eigenvalue weighted by Crippen LogP contribution is 2.14. The van der Waals surface area contributed by atoms with Gasteiger partial charge in [-0.3, -0.25) is 0 Å². The molecule has 0 radical (unpaired) electrons. The lowest BCUT2D eigenvalue weighted by atomic mass is 10.2. The second-order valence-corrected chi connectivity index (χ2v) is 3.79. The van der Waals surface area contributed by atoms with E-state index in [1.807, 2.05) is 0 Å². The van der Waals surface area contributed by atoms with Crippen LogP contribution in [0.1, 0.15) is 26.2 Å². The standard InChI is InChI=1S/C10H18N2O/c1-9(5-6-11)12(2)8-10-4-3-7-13-10/h9-10H,3-5,7-8H2,1-2H3. The smallest absolute Gasteiger partial charge is 0.0702 e. The van der Waals surface area contributed by atoms with Crippen LogP contribution < -0.4 is 0 Å². The Kier molecular flexibility index (Phi) is 4.20. The highest BCUT2D eigenvalue weighted by Gasteiger charge is 2.19. The van der Waals surface area contributed by atoms with Gasteiger partial charge in [-0.1, -0.05) is 0 Å². The SMILES string of the molecule is CC(CC#N)N(C)CC1CCCO1. The molecule has 1 fully saturated rings. The first-order valence-corrected chi connectivity index (χ1v) is 4.93. The molecule has 1 aliphatic heterocycles. The minimum absolute atomic E-state index is 0.342. The molecule has 0 aliphatic carbocycles. The Morgan fingerprint density at radius 3 is 3.00 bits per heavy atom. The number of nitrogens with zero attached hydrogens (tertiary/aromatic N) is 2. The molecule has 2 unspecified atom stereocenters. The molecule has 2 atom stereocenters. The third kappa shape index (κ3) is 3.33. The van der Waals surface area contributed by atoms with Crippen molar-refractivity contribution in [2.45, 2.75) is 38.3 Å². The molecule has 0 aromatic rings. The predicted octanol–water partition coefficient (Wildman–Crippen LogP) is 1.40. The topological polar surface area (TPSA) is 36.3 Å². The summed E-state index contributed by atoms with van der Waals surface area (Å²) in [4.78, 5) is 2.21.